The molecule has 1 aliphatic heterocycles. The number of nitrogens with one attached hydrogen (secondary N) is 1. The first-order valence-corrected chi connectivity index (χ1v) is 7.83. The van der Waals surface area contributed by atoms with E-state index in [1.807, 2.05) is 6.07 Å². The van der Waals surface area contributed by atoms with Crippen molar-refractivity contribution in [1.82, 2.24) is 10.2 Å². The van der Waals surface area contributed by atoms with Crippen LogP contribution in [-0.4, -0.2) is 31.1 Å². The largest absolute Gasteiger partial charge is 0.314 e. The molecule has 19 heavy (non-hydrogen) atoms. The zero-order chi connectivity index (χ0) is 13.4. The first-order valence-electron chi connectivity index (χ1n) is 7.03. The topological polar surface area (TPSA) is 15.3 Å². The molecule has 1 heterocycles. The lowest BCUT2D eigenvalue weighted by atomic mass is 9.93. The van der Waals surface area contributed by atoms with Gasteiger partial charge in [0.15, 0.2) is 0 Å². The summed E-state index contributed by atoms with van der Waals surface area (Å²) in [5.74, 6) is 0.441. The van der Waals surface area contributed by atoms with E-state index in [-0.39, 0.29) is 5.82 Å². The molecule has 0 bridgehead atoms. The number of benzene rings is 1. The van der Waals surface area contributed by atoms with Gasteiger partial charge >= 0.3 is 0 Å². The third kappa shape index (κ3) is 3.01. The Hall–Kier alpha value is -0.450. The molecule has 2 nitrogen and oxygen atoms in total. The van der Waals surface area contributed by atoms with Crippen LogP contribution in [-0.2, 0) is 0 Å². The first kappa shape index (κ1) is 13.5. The molecule has 2 atom stereocenters. The van der Waals surface area contributed by atoms with E-state index < -0.39 is 0 Å². The number of rotatable bonds is 4. The van der Waals surface area contributed by atoms with E-state index in [0.717, 1.165) is 23.6 Å². The van der Waals surface area contributed by atoms with Gasteiger partial charge in [-0.25, -0.2) is 4.39 Å². The summed E-state index contributed by atoms with van der Waals surface area (Å²) in [6, 6.07) is 6.21. The molecule has 1 saturated carbocycles. The van der Waals surface area contributed by atoms with Gasteiger partial charge in [0, 0.05) is 23.1 Å². The van der Waals surface area contributed by atoms with Gasteiger partial charge in [0.25, 0.3) is 0 Å². The number of likely N-dealkylation sites (tertiary alicyclic amines) is 1. The Bertz CT molecular complexity index is 461. The Morgan fingerprint density at radius 2 is 2.16 bits per heavy atom. The van der Waals surface area contributed by atoms with E-state index in [9.17, 15) is 4.39 Å². The Balaban J connectivity index is 1.77. The highest BCUT2D eigenvalue weighted by Gasteiger charge is 2.35. The van der Waals surface area contributed by atoms with Crippen LogP contribution in [0.4, 0.5) is 4.39 Å². The Labute approximate surface area is 122 Å². The molecular formula is C15H20BrFN2. The summed E-state index contributed by atoms with van der Waals surface area (Å²) < 4.78 is 14.1. The number of hydrogen-bond donors (Lipinski definition) is 1. The molecule has 1 aliphatic carbocycles. The molecule has 4 heteroatoms. The molecule has 1 aromatic rings. The zero-order valence-electron chi connectivity index (χ0n) is 11.2. The van der Waals surface area contributed by atoms with Crippen LogP contribution >= 0.6 is 15.9 Å². The van der Waals surface area contributed by atoms with Crippen molar-refractivity contribution in [3.63, 3.8) is 0 Å². The molecule has 3 rings (SSSR count). The average Bonchev–Trinajstić information content (AvgIpc) is 3.12. The molecule has 1 aromatic carbocycles. The smallest absolute Gasteiger partial charge is 0.124 e. The molecule has 2 aliphatic rings. The Morgan fingerprint density at radius 3 is 2.84 bits per heavy atom. The highest BCUT2D eigenvalue weighted by Crippen LogP contribution is 2.39. The van der Waals surface area contributed by atoms with Crippen LogP contribution in [0, 0.1) is 11.7 Å². The molecule has 1 saturated heterocycles. The van der Waals surface area contributed by atoms with Crippen molar-refractivity contribution < 1.29 is 4.39 Å². The maximum atomic E-state index is 13.2. The van der Waals surface area contributed by atoms with Crippen LogP contribution < -0.4 is 5.32 Å². The summed E-state index contributed by atoms with van der Waals surface area (Å²) in [4.78, 5) is 2.39. The molecule has 1 N–H and O–H groups in total. The standard InChI is InChI=1S/C15H20BrFN2/c1-19-7-6-10(9-18-12-3-4-12)15(19)13-5-2-11(17)8-14(13)16/h2,5,8,10,12,15,18H,3-4,6-7,9H2,1H3. The van der Waals surface area contributed by atoms with Crippen LogP contribution in [0.5, 0.6) is 0 Å². The Kier molecular flexibility index (Phi) is 3.92. The SMILES string of the molecule is CN1CCC(CNC2CC2)C1c1ccc(F)cc1Br. The third-order valence-electron chi connectivity index (χ3n) is 4.30. The predicted octanol–water partition coefficient (Wildman–Crippen LogP) is 3.33. The van der Waals surface area contributed by atoms with Gasteiger partial charge in [-0.15, -0.1) is 0 Å². The van der Waals surface area contributed by atoms with Crippen molar-refractivity contribution in [3.05, 3.63) is 34.1 Å². The molecule has 0 spiro atoms. The second-order valence-electron chi connectivity index (χ2n) is 5.82. The second kappa shape index (κ2) is 5.51. The van der Waals surface area contributed by atoms with Crippen molar-refractivity contribution in [2.24, 2.45) is 5.92 Å². The lowest BCUT2D eigenvalue weighted by Gasteiger charge is -2.27. The van der Waals surface area contributed by atoms with E-state index in [0.29, 0.717) is 12.0 Å². The van der Waals surface area contributed by atoms with Gasteiger partial charge in [0.2, 0.25) is 0 Å². The van der Waals surface area contributed by atoms with Crippen molar-refractivity contribution >= 4 is 15.9 Å². The van der Waals surface area contributed by atoms with Crippen LogP contribution in [0.3, 0.4) is 0 Å². The molecule has 0 radical (unpaired) electrons. The van der Waals surface area contributed by atoms with Gasteiger partial charge in [0.05, 0.1) is 0 Å². The van der Waals surface area contributed by atoms with Crippen molar-refractivity contribution in [2.45, 2.75) is 31.3 Å². The minimum Gasteiger partial charge on any atom is -0.314 e. The number of nitrogens with zero attached hydrogens (tertiary/aromatic N) is 1. The fourth-order valence-electron chi connectivity index (χ4n) is 3.08. The van der Waals surface area contributed by atoms with Crippen molar-refractivity contribution in [1.29, 1.82) is 0 Å². The van der Waals surface area contributed by atoms with Gasteiger partial charge < -0.3 is 5.32 Å². The van der Waals surface area contributed by atoms with Gasteiger partial charge in [-0.05, 0) is 56.5 Å². The lowest BCUT2D eigenvalue weighted by Crippen LogP contribution is -2.29. The van der Waals surface area contributed by atoms with Crippen LogP contribution in [0.1, 0.15) is 30.9 Å². The predicted molar refractivity (Wildman–Crippen MR) is 78.6 cm³/mol. The Morgan fingerprint density at radius 1 is 1.37 bits per heavy atom. The number of halogens is 2. The van der Waals surface area contributed by atoms with Gasteiger partial charge in [-0.1, -0.05) is 22.0 Å². The summed E-state index contributed by atoms with van der Waals surface area (Å²) >= 11 is 3.52. The minimum absolute atomic E-state index is 0.177. The van der Waals surface area contributed by atoms with Crippen LogP contribution in [0.2, 0.25) is 0 Å². The molecular weight excluding hydrogens is 307 g/mol. The summed E-state index contributed by atoms with van der Waals surface area (Å²) in [7, 11) is 2.16. The zero-order valence-corrected chi connectivity index (χ0v) is 12.8. The van der Waals surface area contributed by atoms with Crippen LogP contribution in [0.25, 0.3) is 0 Å². The molecule has 0 aromatic heterocycles. The molecule has 2 unspecified atom stereocenters. The van der Waals surface area contributed by atoms with E-state index in [4.69, 9.17) is 0 Å². The van der Waals surface area contributed by atoms with Crippen molar-refractivity contribution in [2.75, 3.05) is 20.1 Å². The number of hydrogen-bond acceptors (Lipinski definition) is 2. The quantitative estimate of drug-likeness (QED) is 0.913. The monoisotopic (exact) mass is 326 g/mol. The van der Waals surface area contributed by atoms with Crippen LogP contribution in [0.15, 0.2) is 22.7 Å². The van der Waals surface area contributed by atoms with Gasteiger partial charge in [0.1, 0.15) is 5.82 Å². The minimum atomic E-state index is -0.177. The third-order valence-corrected chi connectivity index (χ3v) is 4.99. The summed E-state index contributed by atoms with van der Waals surface area (Å²) in [6.07, 6.45) is 3.87. The van der Waals surface area contributed by atoms with Crippen molar-refractivity contribution in [3.8, 4) is 0 Å². The summed E-state index contributed by atoms with van der Waals surface area (Å²) in [6.45, 7) is 2.19. The average molecular weight is 327 g/mol. The fourth-order valence-corrected chi connectivity index (χ4v) is 3.66. The molecule has 104 valence electrons. The van der Waals surface area contributed by atoms with E-state index in [1.165, 1.54) is 24.8 Å². The highest BCUT2D eigenvalue weighted by atomic mass is 79.9. The second-order valence-corrected chi connectivity index (χ2v) is 6.68. The van der Waals surface area contributed by atoms with Gasteiger partial charge in [-0.3, -0.25) is 4.90 Å². The summed E-state index contributed by atoms with van der Waals surface area (Å²) in [5, 5.41) is 3.63. The van der Waals surface area contributed by atoms with Gasteiger partial charge in [-0.2, -0.15) is 0 Å². The normalized spacial score (nSPS) is 27.9. The maximum Gasteiger partial charge on any atom is 0.124 e. The highest BCUT2D eigenvalue weighted by molar-refractivity contribution is 9.10. The summed E-state index contributed by atoms with van der Waals surface area (Å²) in [5.41, 5.74) is 1.21. The van der Waals surface area contributed by atoms with E-state index >= 15 is 0 Å². The van der Waals surface area contributed by atoms with E-state index in [1.54, 1.807) is 12.1 Å². The van der Waals surface area contributed by atoms with E-state index in [2.05, 4.69) is 33.2 Å². The lowest BCUT2D eigenvalue weighted by molar-refractivity contribution is 0.270. The first-order chi connectivity index (χ1) is 9.15. The molecule has 2 fully saturated rings. The molecule has 0 amide bonds. The maximum absolute atomic E-state index is 13.2. The fraction of sp³-hybridized carbons (Fsp3) is 0.600.